The maximum atomic E-state index is 4.84. The Kier molecular flexibility index (Phi) is 3.44. The van der Waals surface area contributed by atoms with E-state index in [0.717, 1.165) is 6.04 Å². The second-order valence-electron chi connectivity index (χ2n) is 5.45. The van der Waals surface area contributed by atoms with Crippen LogP contribution in [0.5, 0.6) is 0 Å². The number of hydrogen-bond donors (Lipinski definition) is 1. The third-order valence-corrected chi connectivity index (χ3v) is 4.96. The van der Waals surface area contributed by atoms with Gasteiger partial charge in [0.25, 0.3) is 0 Å². The molecule has 2 aliphatic rings. The Labute approximate surface area is 110 Å². The lowest BCUT2D eigenvalue weighted by Gasteiger charge is -2.44. The Balaban J connectivity index is 1.66. The zero-order chi connectivity index (χ0) is 11.7. The van der Waals surface area contributed by atoms with Crippen LogP contribution in [-0.4, -0.2) is 29.3 Å². The van der Waals surface area contributed by atoms with E-state index in [9.17, 15) is 0 Å². The van der Waals surface area contributed by atoms with Crippen LogP contribution in [0.25, 0.3) is 0 Å². The molecule has 17 heavy (non-hydrogen) atoms. The third kappa shape index (κ3) is 2.38. The minimum absolute atomic E-state index is 0.506. The molecule has 2 heteroatoms. The van der Waals surface area contributed by atoms with E-state index in [-0.39, 0.29) is 0 Å². The summed E-state index contributed by atoms with van der Waals surface area (Å²) in [6.45, 7) is 2.44. The number of hydrogen-bond acceptors (Lipinski definition) is 2. The van der Waals surface area contributed by atoms with Gasteiger partial charge in [-0.25, -0.2) is 0 Å². The van der Waals surface area contributed by atoms with Crippen molar-refractivity contribution < 1.29 is 0 Å². The molecule has 1 aliphatic carbocycles. The molecule has 1 unspecified atom stereocenters. The van der Waals surface area contributed by atoms with E-state index in [2.05, 4.69) is 35.2 Å². The van der Waals surface area contributed by atoms with Crippen LogP contribution >= 0.6 is 12.6 Å². The molecule has 1 heterocycles. The van der Waals surface area contributed by atoms with Crippen LogP contribution in [0.15, 0.2) is 30.3 Å². The van der Waals surface area contributed by atoms with Crippen molar-refractivity contribution in [3.05, 3.63) is 35.9 Å². The molecule has 0 amide bonds. The number of thiol groups is 1. The highest BCUT2D eigenvalue weighted by Crippen LogP contribution is 2.35. The summed E-state index contributed by atoms with van der Waals surface area (Å²) in [5, 5.41) is 0.506. The van der Waals surface area contributed by atoms with Crippen molar-refractivity contribution in [2.24, 2.45) is 0 Å². The summed E-state index contributed by atoms with van der Waals surface area (Å²) in [6.07, 6.45) is 5.53. The zero-order valence-electron chi connectivity index (χ0n) is 10.3. The second-order valence-corrected chi connectivity index (χ2v) is 6.12. The highest BCUT2D eigenvalue weighted by Gasteiger charge is 2.33. The maximum Gasteiger partial charge on any atom is 0.0214 e. The highest BCUT2D eigenvalue weighted by atomic mass is 32.1. The van der Waals surface area contributed by atoms with E-state index in [0.29, 0.717) is 11.2 Å². The normalized spacial score (nSPS) is 31.1. The van der Waals surface area contributed by atoms with Gasteiger partial charge in [-0.15, -0.1) is 0 Å². The molecule has 0 radical (unpaired) electrons. The molecule has 0 bridgehead atoms. The smallest absolute Gasteiger partial charge is 0.0214 e. The van der Waals surface area contributed by atoms with Crippen LogP contribution in [0.1, 0.15) is 37.2 Å². The van der Waals surface area contributed by atoms with E-state index < -0.39 is 0 Å². The molecule has 0 spiro atoms. The molecule has 1 aromatic carbocycles. The van der Waals surface area contributed by atoms with E-state index in [1.54, 1.807) is 0 Å². The molecule has 1 nitrogen and oxygen atoms in total. The van der Waals surface area contributed by atoms with Gasteiger partial charge in [-0.1, -0.05) is 36.8 Å². The summed E-state index contributed by atoms with van der Waals surface area (Å²) in [6, 6.07) is 11.8. The number of piperidine rings is 1. The second kappa shape index (κ2) is 5.03. The molecule has 2 atom stereocenters. The largest absolute Gasteiger partial charge is 0.299 e. The van der Waals surface area contributed by atoms with Crippen LogP contribution in [0.2, 0.25) is 0 Å². The summed E-state index contributed by atoms with van der Waals surface area (Å²) in [5.74, 6) is 0.649. The van der Waals surface area contributed by atoms with E-state index in [1.165, 1.54) is 44.3 Å². The standard InChI is InChI=1S/C15H21NS/c17-15-11-16(13-7-4-8-13)10-9-14(15)12-5-2-1-3-6-12/h1-3,5-6,13-15,17H,4,7-11H2/t14?,15-/m0/s1. The number of benzene rings is 1. The summed E-state index contributed by atoms with van der Waals surface area (Å²) in [4.78, 5) is 2.67. The van der Waals surface area contributed by atoms with Crippen molar-refractivity contribution in [3.63, 3.8) is 0 Å². The van der Waals surface area contributed by atoms with Gasteiger partial charge in [-0.05, 0) is 37.3 Å². The molecule has 92 valence electrons. The van der Waals surface area contributed by atoms with Gasteiger partial charge in [-0.2, -0.15) is 12.6 Å². The van der Waals surface area contributed by atoms with Crippen molar-refractivity contribution in [1.82, 2.24) is 4.90 Å². The van der Waals surface area contributed by atoms with Gasteiger partial charge in [0.1, 0.15) is 0 Å². The summed E-state index contributed by atoms with van der Waals surface area (Å²) in [7, 11) is 0. The number of nitrogens with zero attached hydrogens (tertiary/aromatic N) is 1. The van der Waals surface area contributed by atoms with E-state index in [1.807, 2.05) is 0 Å². The molecule has 1 aromatic rings. The van der Waals surface area contributed by atoms with E-state index in [4.69, 9.17) is 12.6 Å². The van der Waals surface area contributed by atoms with Gasteiger partial charge in [0.15, 0.2) is 0 Å². The van der Waals surface area contributed by atoms with Crippen molar-refractivity contribution >= 4 is 12.6 Å². The van der Waals surface area contributed by atoms with Gasteiger partial charge in [-0.3, -0.25) is 4.90 Å². The lowest BCUT2D eigenvalue weighted by Crippen LogP contribution is -2.48. The van der Waals surface area contributed by atoms with Gasteiger partial charge in [0.05, 0.1) is 0 Å². The first-order valence-electron chi connectivity index (χ1n) is 6.81. The van der Waals surface area contributed by atoms with Crippen LogP contribution in [-0.2, 0) is 0 Å². The molecule has 1 saturated heterocycles. The number of likely N-dealkylation sites (tertiary alicyclic amines) is 1. The van der Waals surface area contributed by atoms with Crippen molar-refractivity contribution in [1.29, 1.82) is 0 Å². The molecular formula is C15H21NS. The fourth-order valence-corrected chi connectivity index (χ4v) is 3.66. The Hall–Kier alpha value is -0.470. The van der Waals surface area contributed by atoms with Crippen molar-refractivity contribution in [2.75, 3.05) is 13.1 Å². The molecule has 1 saturated carbocycles. The third-order valence-electron chi connectivity index (χ3n) is 4.43. The first-order chi connectivity index (χ1) is 8.34. The molecule has 1 aliphatic heterocycles. The summed E-state index contributed by atoms with van der Waals surface area (Å²) >= 11 is 4.84. The average molecular weight is 247 g/mol. The van der Waals surface area contributed by atoms with Crippen LogP contribution in [0, 0.1) is 0 Å². The monoisotopic (exact) mass is 247 g/mol. The molecule has 3 rings (SSSR count). The average Bonchev–Trinajstić information content (AvgIpc) is 2.28. The van der Waals surface area contributed by atoms with Gasteiger partial charge in [0, 0.05) is 17.8 Å². The zero-order valence-corrected chi connectivity index (χ0v) is 11.2. The first-order valence-corrected chi connectivity index (χ1v) is 7.33. The van der Waals surface area contributed by atoms with Crippen LogP contribution in [0.3, 0.4) is 0 Å². The first kappa shape index (κ1) is 11.6. The van der Waals surface area contributed by atoms with Gasteiger partial charge in [0.2, 0.25) is 0 Å². The summed E-state index contributed by atoms with van der Waals surface area (Å²) < 4.78 is 0. The predicted molar refractivity (Wildman–Crippen MR) is 75.8 cm³/mol. The topological polar surface area (TPSA) is 3.24 Å². The fraction of sp³-hybridized carbons (Fsp3) is 0.600. The number of rotatable bonds is 2. The van der Waals surface area contributed by atoms with Crippen LogP contribution in [0.4, 0.5) is 0 Å². The minimum Gasteiger partial charge on any atom is -0.299 e. The lowest BCUT2D eigenvalue weighted by atomic mass is 9.85. The molecule has 0 N–H and O–H groups in total. The van der Waals surface area contributed by atoms with Crippen molar-refractivity contribution in [3.8, 4) is 0 Å². The molecular weight excluding hydrogens is 226 g/mol. The van der Waals surface area contributed by atoms with E-state index >= 15 is 0 Å². The maximum absolute atomic E-state index is 4.84. The van der Waals surface area contributed by atoms with Gasteiger partial charge < -0.3 is 0 Å². The Morgan fingerprint density at radius 3 is 2.41 bits per heavy atom. The Morgan fingerprint density at radius 1 is 1.06 bits per heavy atom. The summed E-state index contributed by atoms with van der Waals surface area (Å²) in [5.41, 5.74) is 1.47. The minimum atomic E-state index is 0.506. The predicted octanol–water partition coefficient (Wildman–Crippen LogP) is 3.33. The lowest BCUT2D eigenvalue weighted by molar-refractivity contribution is 0.101. The SMILES string of the molecule is S[C@H]1CN(C2CCC2)CCC1c1ccccc1. The molecule has 0 aromatic heterocycles. The Morgan fingerprint density at radius 2 is 1.82 bits per heavy atom. The quantitative estimate of drug-likeness (QED) is 0.785. The van der Waals surface area contributed by atoms with Gasteiger partial charge >= 0.3 is 0 Å². The molecule has 2 fully saturated rings. The van der Waals surface area contributed by atoms with Crippen molar-refractivity contribution in [2.45, 2.75) is 42.9 Å². The van der Waals surface area contributed by atoms with Crippen LogP contribution < -0.4 is 0 Å². The Bertz CT molecular complexity index is 360. The fourth-order valence-electron chi connectivity index (χ4n) is 3.13. The highest BCUT2D eigenvalue weighted by molar-refractivity contribution is 7.81.